The number of nitrogens with one attached hydrogen (secondary N) is 2. The van der Waals surface area contributed by atoms with Crippen LogP contribution in [0.5, 0.6) is 0 Å². The van der Waals surface area contributed by atoms with Gasteiger partial charge in [0.2, 0.25) is 18.5 Å². The third-order valence-electron chi connectivity index (χ3n) is 12.0. The van der Waals surface area contributed by atoms with Crippen molar-refractivity contribution >= 4 is 64.9 Å². The fourth-order valence-corrected chi connectivity index (χ4v) is 14.6. The summed E-state index contributed by atoms with van der Waals surface area (Å²) in [7, 11) is -18.5. The van der Waals surface area contributed by atoms with Crippen LogP contribution in [0.4, 0.5) is 11.8 Å². The van der Waals surface area contributed by atoms with Crippen molar-refractivity contribution in [2.24, 2.45) is 13.0 Å². The third kappa shape index (κ3) is 12.3. The van der Waals surface area contributed by atoms with E-state index in [2.05, 4.69) is 29.2 Å². The van der Waals surface area contributed by atoms with Crippen LogP contribution in [-0.2, 0) is 71.4 Å². The quantitative estimate of drug-likeness (QED) is 0.0233. The molecule has 3 aliphatic heterocycles. The molecule has 0 radical (unpaired) electrons. The number of aromatic amines is 2. The summed E-state index contributed by atoms with van der Waals surface area (Å²) in [5.74, 6) is -3.03. The van der Waals surface area contributed by atoms with Crippen molar-refractivity contribution in [2.75, 3.05) is 58.0 Å². The number of rotatable bonds is 22. The number of aliphatic hydroxyl groups is 3. The molecule has 5 unspecified atom stereocenters. The number of hydrogen-bond donors (Lipinski definition) is 10. The lowest BCUT2D eigenvalue weighted by Gasteiger charge is -2.31. The molecule has 3 saturated heterocycles. The number of aliphatic hydroxyl groups excluding tert-OH is 3. The molecule has 5 aromatic rings. The van der Waals surface area contributed by atoms with Gasteiger partial charge < -0.3 is 83.6 Å². The Labute approximate surface area is 418 Å². The number of aromatic nitrogens is 10. The summed E-state index contributed by atoms with van der Waals surface area (Å²) in [6.45, 7) is -3.04. The topological polar surface area (TPSA) is 510 Å². The Morgan fingerprint density at radius 3 is 2.19 bits per heavy atom. The van der Waals surface area contributed by atoms with Gasteiger partial charge >= 0.3 is 34.3 Å². The van der Waals surface area contributed by atoms with Crippen molar-refractivity contribution < 1.29 is 104 Å². The smallest absolute Gasteiger partial charge is 0.479 e. The van der Waals surface area contributed by atoms with E-state index in [1.54, 1.807) is 0 Å². The molecular formula is C35H50N12O24P4. The van der Waals surface area contributed by atoms with Crippen LogP contribution in [0.25, 0.3) is 22.3 Å². The monoisotopic (exact) mass is 1150 g/mol. The first-order valence-electron chi connectivity index (χ1n) is 21.9. The molecule has 0 saturated carbocycles. The van der Waals surface area contributed by atoms with Crippen LogP contribution in [0.15, 0.2) is 45.6 Å². The van der Waals surface area contributed by atoms with Crippen LogP contribution in [0, 0.1) is 5.92 Å². The van der Waals surface area contributed by atoms with Crippen molar-refractivity contribution in [3.8, 4) is 0 Å². The fraction of sp³-hybridized carbons (Fsp3) is 0.600. The van der Waals surface area contributed by atoms with Crippen LogP contribution < -0.4 is 37.7 Å². The number of anilines is 2. The van der Waals surface area contributed by atoms with Gasteiger partial charge in [0.05, 0.1) is 39.3 Å². The Bertz CT molecular complexity index is 3280. The average molecular weight is 1150 g/mol. The third-order valence-corrected chi connectivity index (χ3v) is 18.7. The Kier molecular flexibility index (Phi) is 16.6. The van der Waals surface area contributed by atoms with Gasteiger partial charge in [0.1, 0.15) is 54.6 Å². The molecular weight excluding hydrogens is 1100 g/mol. The second kappa shape index (κ2) is 22.0. The van der Waals surface area contributed by atoms with Gasteiger partial charge in [-0.25, -0.2) is 33.2 Å². The predicted molar refractivity (Wildman–Crippen MR) is 243 cm³/mol. The Balaban J connectivity index is 0.942. The first-order chi connectivity index (χ1) is 35.2. The molecule has 0 bridgehead atoms. The maximum absolute atomic E-state index is 13.5. The minimum atomic E-state index is -5.84. The molecule has 414 valence electrons. The SMILES string of the molecule is COCC[C@@H]1[C@@H](COP(=O)(O)CP(=O)(O)OP(=O)(O)OC[C@H]2O[C@@H](n3cnc4c(N)ncnc43)[C@H](OC)[C@@H]2OP(=O)([O-])OC[C@H]2O[C@@H](n3ccc(=O)[nH]c3=O)[C@H](O)[C@@H]2O)OC(n2c[n+](C)c3c(=O)[nH]c(N)nc32)[C@@H]1O. The number of phosphoric acid groups is 2. The minimum Gasteiger partial charge on any atom is -0.756 e. The summed E-state index contributed by atoms with van der Waals surface area (Å²) >= 11 is 0. The van der Waals surface area contributed by atoms with Gasteiger partial charge in [0.15, 0.2) is 29.8 Å². The Hall–Kier alpha value is -4.58. The van der Waals surface area contributed by atoms with Crippen molar-refractivity contribution in [3.05, 3.63) is 62.4 Å². The number of imidazole rings is 2. The van der Waals surface area contributed by atoms with Gasteiger partial charge in [0, 0.05) is 39.0 Å². The number of nitrogens with zero attached hydrogens (tertiary/aromatic N) is 8. The first kappa shape index (κ1) is 56.6. The molecule has 16 atom stereocenters. The lowest BCUT2D eigenvalue weighted by Crippen LogP contribution is -2.39. The van der Waals surface area contributed by atoms with Crippen LogP contribution in [0.2, 0.25) is 0 Å². The zero-order valence-corrected chi connectivity index (χ0v) is 42.7. The highest BCUT2D eigenvalue weighted by Crippen LogP contribution is 2.66. The number of methoxy groups -OCH3 is 2. The lowest BCUT2D eigenvalue weighted by molar-refractivity contribution is -0.646. The number of H-pyrrole nitrogens is 2. The van der Waals surface area contributed by atoms with Crippen LogP contribution in [-0.4, -0.2) is 169 Å². The largest absolute Gasteiger partial charge is 0.756 e. The summed E-state index contributed by atoms with van der Waals surface area (Å²) in [6, 6.07) is 0.922. The van der Waals surface area contributed by atoms with Gasteiger partial charge in [0.25, 0.3) is 24.5 Å². The number of phosphoric ester groups is 2. The van der Waals surface area contributed by atoms with E-state index in [-0.39, 0.29) is 47.1 Å². The van der Waals surface area contributed by atoms with E-state index in [0.717, 1.165) is 36.6 Å². The molecule has 75 heavy (non-hydrogen) atoms. The number of aryl methyl sites for hydroxylation is 1. The van der Waals surface area contributed by atoms with Crippen molar-refractivity contribution in [2.45, 2.75) is 73.9 Å². The summed E-state index contributed by atoms with van der Waals surface area (Å²) in [4.78, 5) is 103. The zero-order valence-electron chi connectivity index (χ0n) is 39.1. The molecule has 0 aliphatic carbocycles. The van der Waals surface area contributed by atoms with Crippen molar-refractivity contribution in [1.82, 2.24) is 43.6 Å². The molecule has 0 spiro atoms. The molecule has 8 rings (SSSR count). The standard InChI is InChI=1S/C35H50N12O24P4/c1-44-13-47(29-21(44)30(52)43-34(37)42-29)31-22(49)15(5-7-62-2)16(67-31)8-64-72(54,55)14-73(56,57)71-75(60,61)66-10-18-25(26(63-3)33(69-18)46-12-40-20-27(36)38-11-39-28(20)46)70-74(58,59)65-9-17-23(50)24(51)32(68-17)45-6-4-19(48)41-35(45)53/h4,6,11-13,15-18,22-26,31-33,49-51H,5,7-10,14H2,1-3H3,(H9-,36,37,38,39,41,42,43,48,52,53,54,55,56,57,58,59,60,61)/t15-,16-,17-,18-,22-,23-,24-,25-,26-,31?,32-,33-/m1/s1. The van der Waals surface area contributed by atoms with Gasteiger partial charge in [-0.15, -0.1) is 0 Å². The molecule has 0 amide bonds. The van der Waals surface area contributed by atoms with Gasteiger partial charge in [-0.3, -0.25) is 46.9 Å². The highest BCUT2D eigenvalue weighted by molar-refractivity contribution is 7.74. The predicted octanol–water partition coefficient (Wildman–Crippen LogP) is -4.11. The maximum Gasteiger partial charge on any atom is 0.479 e. The van der Waals surface area contributed by atoms with Crippen molar-refractivity contribution in [1.29, 1.82) is 0 Å². The molecule has 5 aromatic heterocycles. The number of fused-ring (bicyclic) bond motifs is 2. The number of hydrogen-bond acceptors (Lipinski definition) is 27. The average Bonchev–Trinajstić information content (AvgIpc) is 4.12. The van der Waals surface area contributed by atoms with Crippen LogP contribution >= 0.6 is 30.8 Å². The summed E-state index contributed by atoms with van der Waals surface area (Å²) in [5, 5.41) is 32.6. The van der Waals surface area contributed by atoms with Crippen molar-refractivity contribution in [3.63, 3.8) is 0 Å². The summed E-state index contributed by atoms with van der Waals surface area (Å²) < 4.78 is 111. The number of nitrogen functional groups attached to an aromatic ring is 2. The van der Waals surface area contributed by atoms with E-state index in [9.17, 15) is 67.5 Å². The molecule has 8 heterocycles. The second-order valence-corrected chi connectivity index (χ2v) is 24.2. The summed E-state index contributed by atoms with van der Waals surface area (Å²) in [6.07, 6.45) is -13.0. The molecule has 36 nitrogen and oxygen atoms in total. The van der Waals surface area contributed by atoms with E-state index in [1.165, 1.54) is 34.2 Å². The fourth-order valence-electron chi connectivity index (χ4n) is 8.65. The number of nitrogens with two attached hydrogens (primary N) is 2. The number of ether oxygens (including phenoxy) is 5. The van der Waals surface area contributed by atoms with E-state index in [4.69, 9.17) is 53.2 Å². The first-order valence-corrected chi connectivity index (χ1v) is 28.3. The normalized spacial score (nSPS) is 30.4. The molecule has 0 aromatic carbocycles. The highest BCUT2D eigenvalue weighted by Gasteiger charge is 2.53. The maximum atomic E-state index is 13.5. The van der Waals surface area contributed by atoms with Gasteiger partial charge in [-0.2, -0.15) is 9.55 Å². The zero-order chi connectivity index (χ0) is 54.5. The van der Waals surface area contributed by atoms with Gasteiger partial charge in [-0.1, -0.05) is 0 Å². The van der Waals surface area contributed by atoms with Crippen LogP contribution in [0.1, 0.15) is 25.1 Å². The lowest BCUT2D eigenvalue weighted by atomic mass is 9.95. The summed E-state index contributed by atoms with van der Waals surface area (Å²) in [5.41, 5.74) is 9.40. The van der Waals surface area contributed by atoms with E-state index < -0.39 is 147 Å². The molecule has 40 heteroatoms. The molecule has 3 fully saturated rings. The van der Waals surface area contributed by atoms with E-state index in [1.807, 2.05) is 4.98 Å². The van der Waals surface area contributed by atoms with E-state index >= 15 is 0 Å². The highest BCUT2D eigenvalue weighted by atomic mass is 31.3. The molecule has 3 aliphatic rings. The molecule has 12 N–H and O–H groups in total. The minimum absolute atomic E-state index is 0.0111. The van der Waals surface area contributed by atoms with Crippen LogP contribution in [0.3, 0.4) is 0 Å². The Morgan fingerprint density at radius 1 is 0.800 bits per heavy atom. The van der Waals surface area contributed by atoms with E-state index in [0.29, 0.717) is 0 Å². The Morgan fingerprint density at radius 2 is 1.48 bits per heavy atom. The second-order valence-electron chi connectivity index (χ2n) is 17.0. The van der Waals surface area contributed by atoms with Gasteiger partial charge in [-0.05, 0) is 6.42 Å².